The molecule has 1 aromatic rings. The van der Waals surface area contributed by atoms with Crippen LogP contribution in [0.4, 0.5) is 11.4 Å². The van der Waals surface area contributed by atoms with Gasteiger partial charge in [-0.1, -0.05) is 13.0 Å². The molecule has 0 unspecified atom stereocenters. The molecule has 0 aromatic heterocycles. The third-order valence-corrected chi connectivity index (χ3v) is 4.27. The molecule has 1 aromatic carbocycles. The van der Waals surface area contributed by atoms with Gasteiger partial charge in [-0.3, -0.25) is 0 Å². The van der Waals surface area contributed by atoms with E-state index in [1.54, 1.807) is 0 Å². The molecule has 0 radical (unpaired) electrons. The summed E-state index contributed by atoms with van der Waals surface area (Å²) in [5.74, 6) is 0.794. The molecule has 0 saturated carbocycles. The molecule has 0 aliphatic carbocycles. The number of nitrogens with zero attached hydrogens (tertiary/aromatic N) is 2. The lowest BCUT2D eigenvalue weighted by Gasteiger charge is -2.38. The van der Waals surface area contributed by atoms with E-state index in [0.29, 0.717) is 12.6 Å². The van der Waals surface area contributed by atoms with Gasteiger partial charge < -0.3 is 20.3 Å². The number of piperidine rings is 1. The Morgan fingerprint density at radius 3 is 2.60 bits per heavy atom. The topological polar surface area (TPSA) is 41.7 Å². The molecule has 2 N–H and O–H groups in total. The van der Waals surface area contributed by atoms with Gasteiger partial charge in [0, 0.05) is 26.2 Å². The Balaban J connectivity index is 2.09. The Labute approximate surface area is 122 Å². The van der Waals surface area contributed by atoms with Crippen LogP contribution in [0.25, 0.3) is 0 Å². The van der Waals surface area contributed by atoms with Crippen LogP contribution in [0.2, 0.25) is 0 Å². The molecular formula is C16H27N3O. The van der Waals surface area contributed by atoms with Crippen molar-refractivity contribution in [2.24, 2.45) is 0 Å². The van der Waals surface area contributed by atoms with E-state index in [4.69, 9.17) is 10.5 Å². The van der Waals surface area contributed by atoms with Gasteiger partial charge >= 0.3 is 0 Å². The molecule has 112 valence electrons. The number of likely N-dealkylation sites (tertiary alicyclic amines) is 1. The average Bonchev–Trinajstić information content (AvgIpc) is 2.49. The van der Waals surface area contributed by atoms with Crippen molar-refractivity contribution in [3.05, 3.63) is 18.2 Å². The maximum atomic E-state index is 6.25. The van der Waals surface area contributed by atoms with Crippen molar-refractivity contribution in [2.75, 3.05) is 43.9 Å². The summed E-state index contributed by atoms with van der Waals surface area (Å²) in [6, 6.07) is 6.62. The maximum absolute atomic E-state index is 6.25. The number of nitrogen functional groups attached to an aromatic ring is 1. The van der Waals surface area contributed by atoms with E-state index in [9.17, 15) is 0 Å². The Bertz CT molecular complexity index is 428. The van der Waals surface area contributed by atoms with Crippen LogP contribution in [0.5, 0.6) is 5.75 Å². The first-order valence-electron chi connectivity index (χ1n) is 7.63. The minimum atomic E-state index is 0.567. The van der Waals surface area contributed by atoms with Crippen molar-refractivity contribution < 1.29 is 4.74 Å². The lowest BCUT2D eigenvalue weighted by molar-refractivity contribution is 0.221. The average molecular weight is 277 g/mol. The van der Waals surface area contributed by atoms with Crippen molar-refractivity contribution >= 4 is 11.4 Å². The first-order chi connectivity index (χ1) is 9.67. The van der Waals surface area contributed by atoms with Gasteiger partial charge in [0.25, 0.3) is 0 Å². The van der Waals surface area contributed by atoms with E-state index < -0.39 is 0 Å². The Morgan fingerprint density at radius 1 is 1.30 bits per heavy atom. The smallest absolute Gasteiger partial charge is 0.144 e. The fourth-order valence-electron chi connectivity index (χ4n) is 2.94. The van der Waals surface area contributed by atoms with Crippen LogP contribution in [0.15, 0.2) is 18.2 Å². The van der Waals surface area contributed by atoms with Gasteiger partial charge in [-0.25, -0.2) is 0 Å². The van der Waals surface area contributed by atoms with Crippen molar-refractivity contribution in [2.45, 2.75) is 32.7 Å². The van der Waals surface area contributed by atoms with Gasteiger partial charge in [-0.15, -0.1) is 0 Å². The van der Waals surface area contributed by atoms with E-state index in [-0.39, 0.29) is 0 Å². The summed E-state index contributed by atoms with van der Waals surface area (Å²) in [5.41, 5.74) is 8.10. The van der Waals surface area contributed by atoms with Gasteiger partial charge in [-0.2, -0.15) is 0 Å². The largest absolute Gasteiger partial charge is 0.492 e. The van der Waals surface area contributed by atoms with E-state index in [1.807, 2.05) is 19.1 Å². The highest BCUT2D eigenvalue weighted by Crippen LogP contribution is 2.34. The Morgan fingerprint density at radius 2 is 2.00 bits per heavy atom. The summed E-state index contributed by atoms with van der Waals surface area (Å²) in [4.78, 5) is 4.83. The first kappa shape index (κ1) is 15.0. The number of hydrogen-bond donors (Lipinski definition) is 1. The SMILES string of the molecule is CCOc1cccc(N(C)C2CCN(CC)CC2)c1N. The fraction of sp³-hybridized carbons (Fsp3) is 0.625. The van der Waals surface area contributed by atoms with E-state index in [1.165, 1.54) is 25.9 Å². The fourth-order valence-corrected chi connectivity index (χ4v) is 2.94. The molecule has 0 amide bonds. The first-order valence-corrected chi connectivity index (χ1v) is 7.63. The summed E-state index contributed by atoms with van der Waals surface area (Å²) >= 11 is 0. The zero-order valence-electron chi connectivity index (χ0n) is 12.9. The molecule has 4 heteroatoms. The van der Waals surface area contributed by atoms with Gasteiger partial charge in [0.2, 0.25) is 0 Å². The van der Waals surface area contributed by atoms with E-state index in [0.717, 1.165) is 23.7 Å². The highest BCUT2D eigenvalue weighted by molar-refractivity contribution is 5.74. The number of hydrogen-bond acceptors (Lipinski definition) is 4. The number of benzene rings is 1. The Hall–Kier alpha value is -1.42. The molecule has 1 aliphatic rings. The molecule has 20 heavy (non-hydrogen) atoms. The molecule has 0 atom stereocenters. The lowest BCUT2D eigenvalue weighted by Crippen LogP contribution is -2.43. The minimum absolute atomic E-state index is 0.567. The molecule has 1 heterocycles. The molecular weight excluding hydrogens is 250 g/mol. The van der Waals surface area contributed by atoms with Gasteiger partial charge in [0.1, 0.15) is 5.75 Å². The predicted molar refractivity (Wildman–Crippen MR) is 85.6 cm³/mol. The minimum Gasteiger partial charge on any atom is -0.492 e. The molecule has 0 bridgehead atoms. The molecule has 4 nitrogen and oxygen atoms in total. The van der Waals surface area contributed by atoms with Crippen LogP contribution in [-0.4, -0.2) is 44.2 Å². The quantitative estimate of drug-likeness (QED) is 0.840. The standard InChI is InChI=1S/C16H27N3O/c1-4-19-11-9-13(10-12-19)18(3)14-7-6-8-15(16(14)17)20-5-2/h6-8,13H,4-5,9-12,17H2,1-3H3. The second-order valence-corrected chi connectivity index (χ2v) is 5.40. The summed E-state index contributed by atoms with van der Waals surface area (Å²) in [7, 11) is 2.15. The van der Waals surface area contributed by atoms with Gasteiger partial charge in [-0.05, 0) is 38.4 Å². The van der Waals surface area contributed by atoms with Crippen molar-refractivity contribution in [1.29, 1.82) is 0 Å². The van der Waals surface area contributed by atoms with Crippen molar-refractivity contribution in [1.82, 2.24) is 4.90 Å². The normalized spacial score (nSPS) is 17.1. The summed E-state index contributed by atoms with van der Waals surface area (Å²) in [5, 5.41) is 0. The van der Waals surface area contributed by atoms with E-state index >= 15 is 0 Å². The van der Waals surface area contributed by atoms with Crippen molar-refractivity contribution in [3.8, 4) is 5.75 Å². The van der Waals surface area contributed by atoms with Gasteiger partial charge in [0.15, 0.2) is 0 Å². The monoisotopic (exact) mass is 277 g/mol. The zero-order valence-corrected chi connectivity index (χ0v) is 12.9. The highest BCUT2D eigenvalue weighted by atomic mass is 16.5. The van der Waals surface area contributed by atoms with Crippen LogP contribution in [0.3, 0.4) is 0 Å². The zero-order chi connectivity index (χ0) is 14.5. The lowest BCUT2D eigenvalue weighted by atomic mass is 10.0. The second-order valence-electron chi connectivity index (χ2n) is 5.40. The van der Waals surface area contributed by atoms with Crippen molar-refractivity contribution in [3.63, 3.8) is 0 Å². The number of rotatable bonds is 5. The predicted octanol–water partition coefficient (Wildman–Crippen LogP) is 2.59. The number of ether oxygens (including phenoxy) is 1. The van der Waals surface area contributed by atoms with Crippen LogP contribution >= 0.6 is 0 Å². The molecule has 1 fully saturated rings. The molecule has 1 aliphatic heterocycles. The van der Waals surface area contributed by atoms with Crippen LogP contribution < -0.4 is 15.4 Å². The van der Waals surface area contributed by atoms with E-state index in [2.05, 4.69) is 29.8 Å². The number of para-hydroxylation sites is 1. The third-order valence-electron chi connectivity index (χ3n) is 4.27. The molecule has 0 spiro atoms. The highest BCUT2D eigenvalue weighted by Gasteiger charge is 2.23. The number of anilines is 2. The summed E-state index contributed by atoms with van der Waals surface area (Å²) < 4.78 is 5.59. The molecule has 2 rings (SSSR count). The maximum Gasteiger partial charge on any atom is 0.144 e. The van der Waals surface area contributed by atoms with Crippen LogP contribution in [-0.2, 0) is 0 Å². The number of nitrogens with two attached hydrogens (primary N) is 1. The van der Waals surface area contributed by atoms with Crippen LogP contribution in [0.1, 0.15) is 26.7 Å². The van der Waals surface area contributed by atoms with Crippen LogP contribution in [0, 0.1) is 0 Å². The third kappa shape index (κ3) is 3.18. The van der Waals surface area contributed by atoms with Gasteiger partial charge in [0.05, 0.1) is 18.0 Å². The second kappa shape index (κ2) is 6.84. The summed E-state index contributed by atoms with van der Waals surface area (Å²) in [6.45, 7) is 8.36. The summed E-state index contributed by atoms with van der Waals surface area (Å²) in [6.07, 6.45) is 2.39. The Kier molecular flexibility index (Phi) is 5.12. The molecule has 1 saturated heterocycles.